The van der Waals surface area contributed by atoms with Crippen LogP contribution < -0.4 is 0 Å². The minimum absolute atomic E-state index is 0.509. The molecule has 2 heteroatoms. The third-order valence-electron chi connectivity index (χ3n) is 4.02. The van der Waals surface area contributed by atoms with E-state index in [1.165, 1.54) is 21.9 Å². The summed E-state index contributed by atoms with van der Waals surface area (Å²) in [7, 11) is 0. The van der Waals surface area contributed by atoms with Crippen molar-refractivity contribution in [2.45, 2.75) is 18.9 Å². The Morgan fingerprint density at radius 3 is 2.58 bits per heavy atom. The van der Waals surface area contributed by atoms with Crippen LogP contribution in [0.2, 0.25) is 0 Å². The standard InChI is InChI=1S/C17H14OS/c18-17(15-5-2-10-19-15)14-9-8-12-7-6-11-3-1-4-13(14)16(11)12/h1-5,8-10,17-18H,6-7H2. The number of benzene rings is 2. The first-order chi connectivity index (χ1) is 9.34. The SMILES string of the molecule is OC(c1cccs1)c1ccc2c3c(cccc13)CC2. The second-order valence-corrected chi connectivity index (χ2v) is 6.05. The van der Waals surface area contributed by atoms with E-state index in [-0.39, 0.29) is 0 Å². The van der Waals surface area contributed by atoms with E-state index in [0.717, 1.165) is 23.3 Å². The van der Waals surface area contributed by atoms with Crippen LogP contribution in [0, 0.1) is 0 Å². The first-order valence-electron chi connectivity index (χ1n) is 6.59. The van der Waals surface area contributed by atoms with Crippen LogP contribution in [-0.4, -0.2) is 5.11 Å². The molecule has 1 aliphatic rings. The summed E-state index contributed by atoms with van der Waals surface area (Å²) >= 11 is 1.61. The first kappa shape index (κ1) is 11.2. The summed E-state index contributed by atoms with van der Waals surface area (Å²) in [5.41, 5.74) is 3.88. The first-order valence-corrected chi connectivity index (χ1v) is 7.47. The van der Waals surface area contributed by atoms with Crippen LogP contribution in [0.25, 0.3) is 10.8 Å². The number of hydrogen-bond donors (Lipinski definition) is 1. The highest BCUT2D eigenvalue weighted by atomic mass is 32.1. The summed E-state index contributed by atoms with van der Waals surface area (Å²) in [6, 6.07) is 14.7. The Bertz CT molecular complexity index is 733. The summed E-state index contributed by atoms with van der Waals surface area (Å²) in [6.45, 7) is 0. The van der Waals surface area contributed by atoms with Gasteiger partial charge in [0, 0.05) is 4.88 Å². The van der Waals surface area contributed by atoms with Crippen LogP contribution >= 0.6 is 11.3 Å². The van der Waals surface area contributed by atoms with E-state index in [4.69, 9.17) is 0 Å². The molecule has 1 atom stereocenters. The zero-order chi connectivity index (χ0) is 12.8. The maximum atomic E-state index is 10.6. The molecule has 0 fully saturated rings. The summed E-state index contributed by atoms with van der Waals surface area (Å²) in [4.78, 5) is 1.01. The Morgan fingerprint density at radius 2 is 1.79 bits per heavy atom. The monoisotopic (exact) mass is 266 g/mol. The highest BCUT2D eigenvalue weighted by Gasteiger charge is 2.20. The van der Waals surface area contributed by atoms with Gasteiger partial charge < -0.3 is 5.11 Å². The topological polar surface area (TPSA) is 20.2 Å². The lowest BCUT2D eigenvalue weighted by molar-refractivity contribution is 0.226. The number of thiophene rings is 1. The molecule has 0 amide bonds. The van der Waals surface area contributed by atoms with E-state index < -0.39 is 6.10 Å². The molecule has 2 aromatic carbocycles. The Morgan fingerprint density at radius 1 is 0.947 bits per heavy atom. The van der Waals surface area contributed by atoms with Gasteiger partial charge in [0.1, 0.15) is 6.10 Å². The van der Waals surface area contributed by atoms with Gasteiger partial charge in [0.05, 0.1) is 0 Å². The summed E-state index contributed by atoms with van der Waals surface area (Å²) in [5.74, 6) is 0. The van der Waals surface area contributed by atoms with Crippen molar-refractivity contribution in [1.82, 2.24) is 0 Å². The molecule has 4 rings (SSSR count). The molecule has 0 aliphatic heterocycles. The van der Waals surface area contributed by atoms with Gasteiger partial charge in [0.2, 0.25) is 0 Å². The molecule has 1 heterocycles. The Kier molecular flexibility index (Phi) is 2.47. The van der Waals surface area contributed by atoms with Crippen LogP contribution in [0.3, 0.4) is 0 Å². The molecule has 0 spiro atoms. The molecule has 1 nitrogen and oxygen atoms in total. The smallest absolute Gasteiger partial charge is 0.114 e. The normalized spacial score (nSPS) is 15.0. The molecule has 0 saturated heterocycles. The van der Waals surface area contributed by atoms with Gasteiger partial charge in [0.15, 0.2) is 0 Å². The van der Waals surface area contributed by atoms with E-state index in [0.29, 0.717) is 0 Å². The van der Waals surface area contributed by atoms with E-state index in [1.54, 1.807) is 11.3 Å². The van der Waals surface area contributed by atoms with Crippen molar-refractivity contribution in [2.24, 2.45) is 0 Å². The number of rotatable bonds is 2. The van der Waals surface area contributed by atoms with Crippen molar-refractivity contribution in [1.29, 1.82) is 0 Å². The number of aryl methyl sites for hydroxylation is 2. The van der Waals surface area contributed by atoms with Crippen molar-refractivity contribution >= 4 is 22.1 Å². The van der Waals surface area contributed by atoms with Crippen molar-refractivity contribution in [2.75, 3.05) is 0 Å². The largest absolute Gasteiger partial charge is 0.383 e. The fourth-order valence-corrected chi connectivity index (χ4v) is 3.84. The van der Waals surface area contributed by atoms with Crippen molar-refractivity contribution in [3.63, 3.8) is 0 Å². The molecule has 0 saturated carbocycles. The maximum Gasteiger partial charge on any atom is 0.114 e. The molecule has 1 aromatic heterocycles. The molecule has 1 N–H and O–H groups in total. The predicted octanol–water partition coefficient (Wildman–Crippen LogP) is 4.08. The zero-order valence-electron chi connectivity index (χ0n) is 10.5. The second-order valence-electron chi connectivity index (χ2n) is 5.07. The Hall–Kier alpha value is -1.64. The van der Waals surface area contributed by atoms with Gasteiger partial charge >= 0.3 is 0 Å². The lowest BCUT2D eigenvalue weighted by Crippen LogP contribution is -1.98. The van der Waals surface area contributed by atoms with Crippen molar-refractivity contribution in [3.8, 4) is 0 Å². The van der Waals surface area contributed by atoms with E-state index in [1.807, 2.05) is 17.5 Å². The van der Waals surface area contributed by atoms with Gasteiger partial charge in [-0.2, -0.15) is 0 Å². The van der Waals surface area contributed by atoms with Gasteiger partial charge in [0.25, 0.3) is 0 Å². The van der Waals surface area contributed by atoms with Crippen LogP contribution in [0.15, 0.2) is 47.8 Å². The minimum atomic E-state index is -0.509. The number of hydrogen-bond acceptors (Lipinski definition) is 2. The van der Waals surface area contributed by atoms with Gasteiger partial charge in [-0.05, 0) is 51.8 Å². The molecule has 19 heavy (non-hydrogen) atoms. The second kappa shape index (κ2) is 4.19. The van der Waals surface area contributed by atoms with Gasteiger partial charge in [-0.1, -0.05) is 36.4 Å². The van der Waals surface area contributed by atoms with Crippen molar-refractivity contribution < 1.29 is 5.11 Å². The predicted molar refractivity (Wildman–Crippen MR) is 79.7 cm³/mol. The Balaban J connectivity index is 1.97. The highest BCUT2D eigenvalue weighted by Crippen LogP contribution is 2.37. The quantitative estimate of drug-likeness (QED) is 0.741. The zero-order valence-corrected chi connectivity index (χ0v) is 11.3. The van der Waals surface area contributed by atoms with Crippen LogP contribution in [-0.2, 0) is 12.8 Å². The minimum Gasteiger partial charge on any atom is -0.383 e. The van der Waals surface area contributed by atoms with Crippen LogP contribution in [0.1, 0.15) is 27.7 Å². The molecule has 1 aliphatic carbocycles. The highest BCUT2D eigenvalue weighted by molar-refractivity contribution is 7.10. The van der Waals surface area contributed by atoms with E-state index in [2.05, 4.69) is 30.3 Å². The summed E-state index contributed by atoms with van der Waals surface area (Å²) in [6.07, 6.45) is 1.75. The summed E-state index contributed by atoms with van der Waals surface area (Å²) in [5, 5.41) is 15.2. The van der Waals surface area contributed by atoms with Crippen LogP contribution in [0.5, 0.6) is 0 Å². The lowest BCUT2D eigenvalue weighted by atomic mass is 9.96. The van der Waals surface area contributed by atoms with Crippen LogP contribution in [0.4, 0.5) is 0 Å². The fourth-order valence-electron chi connectivity index (χ4n) is 3.11. The molecule has 3 aromatic rings. The molecular weight excluding hydrogens is 252 g/mol. The van der Waals surface area contributed by atoms with Gasteiger partial charge in [-0.15, -0.1) is 11.3 Å². The van der Waals surface area contributed by atoms with Crippen molar-refractivity contribution in [3.05, 3.63) is 69.4 Å². The molecule has 1 unspecified atom stereocenters. The van der Waals surface area contributed by atoms with Gasteiger partial charge in [-0.25, -0.2) is 0 Å². The fraction of sp³-hybridized carbons (Fsp3) is 0.176. The molecular formula is C17H14OS. The van der Waals surface area contributed by atoms with Gasteiger partial charge in [-0.3, -0.25) is 0 Å². The average molecular weight is 266 g/mol. The Labute approximate surface area is 116 Å². The third-order valence-corrected chi connectivity index (χ3v) is 4.94. The number of aliphatic hydroxyl groups is 1. The summed E-state index contributed by atoms with van der Waals surface area (Å²) < 4.78 is 0. The maximum absolute atomic E-state index is 10.6. The lowest BCUT2D eigenvalue weighted by Gasteiger charge is -2.13. The number of aliphatic hydroxyl groups excluding tert-OH is 1. The average Bonchev–Trinajstić information content (AvgIpc) is 3.09. The van der Waals surface area contributed by atoms with E-state index >= 15 is 0 Å². The van der Waals surface area contributed by atoms with E-state index in [9.17, 15) is 5.11 Å². The molecule has 0 bridgehead atoms. The molecule has 94 valence electrons. The molecule has 0 radical (unpaired) electrons. The third kappa shape index (κ3) is 1.64.